The Morgan fingerprint density at radius 1 is 0.741 bits per heavy atom. The standard InChI is InChI=1S/C24H23N2O/c1-25-22(20-14-8-4-9-15-20)24(27-2)23(21-16-10-5-11-17-21)26(25)18-19-12-6-3-7-13-19/h3-17H,18H2,1-2H3/q+1. The highest BCUT2D eigenvalue weighted by atomic mass is 16.5. The van der Waals surface area contributed by atoms with Gasteiger partial charge in [-0.3, -0.25) is 0 Å². The van der Waals surface area contributed by atoms with E-state index < -0.39 is 0 Å². The molecule has 0 saturated carbocycles. The van der Waals surface area contributed by atoms with Crippen molar-refractivity contribution in [3.63, 3.8) is 0 Å². The summed E-state index contributed by atoms with van der Waals surface area (Å²) >= 11 is 0. The lowest BCUT2D eigenvalue weighted by Crippen LogP contribution is -2.41. The van der Waals surface area contributed by atoms with Gasteiger partial charge in [-0.15, -0.1) is 9.36 Å². The van der Waals surface area contributed by atoms with Crippen LogP contribution in [0, 0.1) is 0 Å². The zero-order chi connectivity index (χ0) is 18.6. The highest BCUT2D eigenvalue weighted by Gasteiger charge is 2.31. The third-order valence-corrected chi connectivity index (χ3v) is 4.85. The van der Waals surface area contributed by atoms with E-state index in [2.05, 4.69) is 89.2 Å². The molecule has 0 N–H and O–H groups in total. The second-order valence-electron chi connectivity index (χ2n) is 6.53. The van der Waals surface area contributed by atoms with Crippen LogP contribution in [0.1, 0.15) is 5.56 Å². The fourth-order valence-electron chi connectivity index (χ4n) is 3.57. The van der Waals surface area contributed by atoms with Crippen molar-refractivity contribution < 1.29 is 9.42 Å². The van der Waals surface area contributed by atoms with Crippen LogP contribution in [0.2, 0.25) is 0 Å². The first-order chi connectivity index (χ1) is 13.3. The zero-order valence-electron chi connectivity index (χ0n) is 15.7. The number of hydrogen-bond donors (Lipinski definition) is 0. The van der Waals surface area contributed by atoms with Gasteiger partial charge in [-0.25, -0.2) is 0 Å². The van der Waals surface area contributed by atoms with Gasteiger partial charge in [-0.2, -0.15) is 0 Å². The van der Waals surface area contributed by atoms with Crippen molar-refractivity contribution in [3.05, 3.63) is 96.6 Å². The molecule has 27 heavy (non-hydrogen) atoms. The molecule has 0 unspecified atom stereocenters. The predicted molar refractivity (Wildman–Crippen MR) is 109 cm³/mol. The summed E-state index contributed by atoms with van der Waals surface area (Å²) in [6.45, 7) is 0.769. The second-order valence-corrected chi connectivity index (χ2v) is 6.53. The Labute approximate surface area is 160 Å². The number of ether oxygens (including phenoxy) is 1. The monoisotopic (exact) mass is 355 g/mol. The van der Waals surface area contributed by atoms with Crippen LogP contribution >= 0.6 is 0 Å². The van der Waals surface area contributed by atoms with Crippen molar-refractivity contribution in [2.45, 2.75) is 6.54 Å². The Bertz CT molecular complexity index is 1020. The third-order valence-electron chi connectivity index (χ3n) is 4.85. The molecule has 1 aromatic heterocycles. The van der Waals surface area contributed by atoms with Gasteiger partial charge in [-0.1, -0.05) is 78.9 Å². The Kier molecular flexibility index (Phi) is 4.75. The number of benzene rings is 3. The van der Waals surface area contributed by atoms with Crippen molar-refractivity contribution in [2.75, 3.05) is 7.11 Å². The van der Waals surface area contributed by atoms with Crippen LogP contribution in [0.5, 0.6) is 5.75 Å². The van der Waals surface area contributed by atoms with Crippen LogP contribution in [0.25, 0.3) is 22.5 Å². The molecule has 1 heterocycles. The van der Waals surface area contributed by atoms with Crippen LogP contribution in [0.3, 0.4) is 0 Å². The van der Waals surface area contributed by atoms with E-state index in [-0.39, 0.29) is 0 Å². The quantitative estimate of drug-likeness (QED) is 0.474. The van der Waals surface area contributed by atoms with E-state index in [1.165, 1.54) is 5.56 Å². The molecule has 4 aromatic rings. The Balaban J connectivity index is 1.97. The van der Waals surface area contributed by atoms with Crippen molar-refractivity contribution in [2.24, 2.45) is 7.05 Å². The summed E-state index contributed by atoms with van der Waals surface area (Å²) in [4.78, 5) is 0. The van der Waals surface area contributed by atoms with E-state index in [0.717, 1.165) is 34.8 Å². The van der Waals surface area contributed by atoms with E-state index in [1.807, 2.05) is 18.2 Å². The maximum Gasteiger partial charge on any atom is 0.280 e. The van der Waals surface area contributed by atoms with Gasteiger partial charge in [0.25, 0.3) is 5.69 Å². The zero-order valence-corrected chi connectivity index (χ0v) is 15.7. The number of aromatic nitrogens is 2. The maximum absolute atomic E-state index is 5.94. The molecule has 0 amide bonds. The summed E-state index contributed by atoms with van der Waals surface area (Å²) in [5.41, 5.74) is 5.70. The van der Waals surface area contributed by atoms with Gasteiger partial charge in [0.05, 0.1) is 12.7 Å². The Hall–Kier alpha value is -3.33. The van der Waals surface area contributed by atoms with Gasteiger partial charge in [-0.05, 0) is 17.7 Å². The van der Waals surface area contributed by atoms with Crippen molar-refractivity contribution in [1.82, 2.24) is 4.68 Å². The van der Waals surface area contributed by atoms with E-state index in [4.69, 9.17) is 4.74 Å². The summed E-state index contributed by atoms with van der Waals surface area (Å²) < 4.78 is 10.4. The molecule has 0 saturated heterocycles. The minimum atomic E-state index is 0.769. The van der Waals surface area contributed by atoms with Gasteiger partial charge in [0.15, 0.2) is 12.7 Å². The highest BCUT2D eigenvalue weighted by molar-refractivity contribution is 5.76. The number of methoxy groups -OCH3 is 1. The van der Waals surface area contributed by atoms with Crippen LogP contribution in [-0.4, -0.2) is 11.8 Å². The molecule has 0 aliphatic heterocycles. The summed E-state index contributed by atoms with van der Waals surface area (Å²) in [5.74, 6) is 0.894. The lowest BCUT2D eigenvalue weighted by atomic mass is 10.1. The molecule has 0 radical (unpaired) electrons. The predicted octanol–water partition coefficient (Wildman–Crippen LogP) is 4.70. The molecular formula is C24H23N2O+. The van der Waals surface area contributed by atoms with Crippen molar-refractivity contribution >= 4 is 0 Å². The van der Waals surface area contributed by atoms with Gasteiger partial charge < -0.3 is 4.74 Å². The molecule has 3 aromatic carbocycles. The van der Waals surface area contributed by atoms with Gasteiger partial charge >= 0.3 is 0 Å². The molecule has 4 rings (SSSR count). The van der Waals surface area contributed by atoms with E-state index in [9.17, 15) is 0 Å². The molecule has 0 bridgehead atoms. The van der Waals surface area contributed by atoms with Crippen LogP contribution in [0.4, 0.5) is 0 Å². The second kappa shape index (κ2) is 7.50. The Morgan fingerprint density at radius 2 is 1.26 bits per heavy atom. The average molecular weight is 355 g/mol. The largest absolute Gasteiger partial charge is 0.489 e. The van der Waals surface area contributed by atoms with Crippen LogP contribution in [-0.2, 0) is 13.6 Å². The molecule has 3 nitrogen and oxygen atoms in total. The lowest BCUT2D eigenvalue weighted by molar-refractivity contribution is -0.742. The fraction of sp³-hybridized carbons (Fsp3) is 0.125. The first-order valence-corrected chi connectivity index (χ1v) is 9.11. The Morgan fingerprint density at radius 3 is 1.81 bits per heavy atom. The SMILES string of the molecule is COc1c(-c2ccccc2)n(Cc2ccccc2)[n+](C)c1-c1ccccc1. The van der Waals surface area contributed by atoms with Gasteiger partial charge in [0.1, 0.15) is 6.54 Å². The minimum Gasteiger partial charge on any atom is -0.489 e. The highest BCUT2D eigenvalue weighted by Crippen LogP contribution is 2.37. The molecule has 134 valence electrons. The first kappa shape index (κ1) is 17.1. The molecular weight excluding hydrogens is 332 g/mol. The fourth-order valence-corrected chi connectivity index (χ4v) is 3.57. The topological polar surface area (TPSA) is 18.0 Å². The van der Waals surface area contributed by atoms with Crippen molar-refractivity contribution in [1.29, 1.82) is 0 Å². The molecule has 3 heteroatoms. The van der Waals surface area contributed by atoms with Gasteiger partial charge in [0, 0.05) is 5.56 Å². The number of hydrogen-bond acceptors (Lipinski definition) is 1. The maximum atomic E-state index is 5.94. The molecule has 0 spiro atoms. The van der Waals surface area contributed by atoms with E-state index >= 15 is 0 Å². The number of nitrogens with zero attached hydrogens (tertiary/aromatic N) is 2. The molecule has 0 aliphatic rings. The summed E-state index contributed by atoms with van der Waals surface area (Å²) in [6.07, 6.45) is 0. The molecule has 0 fully saturated rings. The van der Waals surface area contributed by atoms with E-state index in [0.29, 0.717) is 0 Å². The van der Waals surface area contributed by atoms with Crippen molar-refractivity contribution in [3.8, 4) is 28.3 Å². The van der Waals surface area contributed by atoms with Gasteiger partial charge in [0.2, 0.25) is 5.75 Å². The lowest BCUT2D eigenvalue weighted by Gasteiger charge is -2.07. The summed E-state index contributed by atoms with van der Waals surface area (Å²) in [6, 6.07) is 31.4. The van der Waals surface area contributed by atoms with E-state index in [1.54, 1.807) is 7.11 Å². The smallest absolute Gasteiger partial charge is 0.280 e. The minimum absolute atomic E-state index is 0.769. The van der Waals surface area contributed by atoms with Crippen LogP contribution < -0.4 is 9.42 Å². The molecule has 0 atom stereocenters. The summed E-state index contributed by atoms with van der Waals surface area (Å²) in [7, 11) is 3.85. The summed E-state index contributed by atoms with van der Waals surface area (Å²) in [5, 5.41) is 0. The first-order valence-electron chi connectivity index (χ1n) is 9.11. The molecule has 0 aliphatic carbocycles. The number of rotatable bonds is 5. The average Bonchev–Trinajstić information content (AvgIpc) is 3.01. The van der Waals surface area contributed by atoms with Crippen LogP contribution in [0.15, 0.2) is 91.0 Å². The normalized spacial score (nSPS) is 10.7. The third kappa shape index (κ3) is 3.24.